The Labute approximate surface area is 200 Å². The summed E-state index contributed by atoms with van der Waals surface area (Å²) in [6.45, 7) is 5.64. The van der Waals surface area contributed by atoms with Gasteiger partial charge in [-0.2, -0.15) is 0 Å². The summed E-state index contributed by atoms with van der Waals surface area (Å²) in [7, 11) is 0. The first-order valence-electron chi connectivity index (χ1n) is 11.4. The number of fused-ring (bicyclic) bond motifs is 1. The maximum absolute atomic E-state index is 5.71. The van der Waals surface area contributed by atoms with E-state index >= 15 is 0 Å². The standard InChI is InChI=1S/C27H27N5S/c1-20-12-14-21(15-13-20)25-29-24-11-6-5-10-23(24)26(30-25)31-16-7-17-32(19-18-31)27(33)28-22-8-3-2-4-9-22/h2-6,8-15H,7,16-19H2,1H3,(H,28,33). The van der Waals surface area contributed by atoms with Gasteiger partial charge in [0.15, 0.2) is 10.9 Å². The average Bonchev–Trinajstić information content (AvgIpc) is 3.11. The molecule has 5 nitrogen and oxygen atoms in total. The summed E-state index contributed by atoms with van der Waals surface area (Å²) in [5, 5.41) is 5.24. The largest absolute Gasteiger partial charge is 0.354 e. The van der Waals surface area contributed by atoms with E-state index < -0.39 is 0 Å². The van der Waals surface area contributed by atoms with Crippen molar-refractivity contribution >= 4 is 39.7 Å². The van der Waals surface area contributed by atoms with Crippen molar-refractivity contribution in [1.29, 1.82) is 0 Å². The molecule has 1 fully saturated rings. The van der Waals surface area contributed by atoms with Gasteiger partial charge in [0.25, 0.3) is 0 Å². The Morgan fingerprint density at radius 2 is 1.58 bits per heavy atom. The van der Waals surface area contributed by atoms with Crippen LogP contribution in [0, 0.1) is 6.92 Å². The van der Waals surface area contributed by atoms with Crippen LogP contribution in [0.2, 0.25) is 0 Å². The zero-order valence-electron chi connectivity index (χ0n) is 18.7. The number of nitrogens with zero attached hydrogens (tertiary/aromatic N) is 4. The molecule has 4 aromatic rings. The predicted molar refractivity (Wildman–Crippen MR) is 141 cm³/mol. The van der Waals surface area contributed by atoms with Crippen LogP contribution in [0.1, 0.15) is 12.0 Å². The lowest BCUT2D eigenvalue weighted by molar-refractivity contribution is 0.455. The van der Waals surface area contributed by atoms with Gasteiger partial charge in [0.1, 0.15) is 5.82 Å². The highest BCUT2D eigenvalue weighted by Crippen LogP contribution is 2.28. The molecule has 0 unspecified atom stereocenters. The van der Waals surface area contributed by atoms with E-state index in [1.54, 1.807) is 0 Å². The number of para-hydroxylation sites is 2. The van der Waals surface area contributed by atoms with Crippen LogP contribution in [0.3, 0.4) is 0 Å². The third-order valence-corrected chi connectivity index (χ3v) is 6.36. The number of anilines is 2. The molecule has 0 radical (unpaired) electrons. The quantitative estimate of drug-likeness (QED) is 0.413. The average molecular weight is 454 g/mol. The van der Waals surface area contributed by atoms with Gasteiger partial charge in [0, 0.05) is 42.8 Å². The molecule has 0 bridgehead atoms. The third kappa shape index (κ3) is 4.81. The number of aryl methyl sites for hydroxylation is 1. The Balaban J connectivity index is 1.40. The fourth-order valence-corrected chi connectivity index (χ4v) is 4.49. The minimum absolute atomic E-state index is 0.770. The highest BCUT2D eigenvalue weighted by molar-refractivity contribution is 7.80. The maximum Gasteiger partial charge on any atom is 0.173 e. The summed E-state index contributed by atoms with van der Waals surface area (Å²) in [5.74, 6) is 1.77. The third-order valence-electron chi connectivity index (χ3n) is 6.00. The van der Waals surface area contributed by atoms with E-state index in [4.69, 9.17) is 22.2 Å². The van der Waals surface area contributed by atoms with Crippen LogP contribution in [0.15, 0.2) is 78.9 Å². The minimum Gasteiger partial charge on any atom is -0.354 e. The highest BCUT2D eigenvalue weighted by Gasteiger charge is 2.21. The molecule has 1 aliphatic heterocycles. The summed E-state index contributed by atoms with van der Waals surface area (Å²) >= 11 is 5.71. The summed E-state index contributed by atoms with van der Waals surface area (Å²) < 4.78 is 0. The van der Waals surface area contributed by atoms with Gasteiger partial charge in [0.05, 0.1) is 5.52 Å². The normalized spacial score (nSPS) is 14.2. The number of hydrogen-bond donors (Lipinski definition) is 1. The van der Waals surface area contributed by atoms with Gasteiger partial charge < -0.3 is 15.1 Å². The molecule has 6 heteroatoms. The lowest BCUT2D eigenvalue weighted by Gasteiger charge is -2.26. The van der Waals surface area contributed by atoms with E-state index in [0.29, 0.717) is 0 Å². The molecular formula is C27H27N5S. The molecule has 33 heavy (non-hydrogen) atoms. The molecule has 2 heterocycles. The number of thiocarbonyl (C=S) groups is 1. The fourth-order valence-electron chi connectivity index (χ4n) is 4.19. The fraction of sp³-hybridized carbons (Fsp3) is 0.222. The van der Waals surface area contributed by atoms with Crippen molar-refractivity contribution in [2.75, 3.05) is 36.4 Å². The molecular weight excluding hydrogens is 426 g/mol. The second kappa shape index (κ2) is 9.55. The highest BCUT2D eigenvalue weighted by atomic mass is 32.1. The van der Waals surface area contributed by atoms with Crippen LogP contribution in [-0.2, 0) is 0 Å². The molecule has 0 atom stereocenters. The van der Waals surface area contributed by atoms with Gasteiger partial charge in [-0.1, -0.05) is 60.2 Å². The summed E-state index contributed by atoms with van der Waals surface area (Å²) in [5.41, 5.74) is 4.26. The van der Waals surface area contributed by atoms with Gasteiger partial charge >= 0.3 is 0 Å². The van der Waals surface area contributed by atoms with Crippen molar-refractivity contribution in [2.24, 2.45) is 0 Å². The monoisotopic (exact) mass is 453 g/mol. The van der Waals surface area contributed by atoms with Crippen LogP contribution in [0.25, 0.3) is 22.3 Å². The molecule has 3 aromatic carbocycles. The van der Waals surface area contributed by atoms with Crippen molar-refractivity contribution in [2.45, 2.75) is 13.3 Å². The number of benzene rings is 3. The van der Waals surface area contributed by atoms with Crippen molar-refractivity contribution < 1.29 is 0 Å². The Bertz CT molecular complexity index is 1260. The van der Waals surface area contributed by atoms with Gasteiger partial charge in [-0.25, -0.2) is 9.97 Å². The van der Waals surface area contributed by atoms with Gasteiger partial charge in [0.2, 0.25) is 0 Å². The van der Waals surface area contributed by atoms with Crippen molar-refractivity contribution in [1.82, 2.24) is 14.9 Å². The first-order chi connectivity index (χ1) is 16.2. The Morgan fingerprint density at radius 1 is 0.818 bits per heavy atom. The molecule has 0 amide bonds. The molecule has 0 aliphatic carbocycles. The Hall–Kier alpha value is -3.51. The van der Waals surface area contributed by atoms with Crippen molar-refractivity contribution in [3.8, 4) is 11.4 Å². The Morgan fingerprint density at radius 3 is 2.39 bits per heavy atom. The Kier molecular flexibility index (Phi) is 6.17. The zero-order chi connectivity index (χ0) is 22.6. The smallest absolute Gasteiger partial charge is 0.173 e. The van der Waals surface area contributed by atoms with Gasteiger partial charge in [-0.3, -0.25) is 0 Å². The van der Waals surface area contributed by atoms with E-state index in [1.165, 1.54) is 5.56 Å². The van der Waals surface area contributed by atoms with E-state index in [0.717, 1.165) is 71.5 Å². The second-order valence-corrected chi connectivity index (χ2v) is 8.76. The van der Waals surface area contributed by atoms with E-state index in [1.807, 2.05) is 36.4 Å². The molecule has 1 aromatic heterocycles. The molecule has 0 spiro atoms. The number of aromatic nitrogens is 2. The van der Waals surface area contributed by atoms with Gasteiger partial charge in [-0.15, -0.1) is 0 Å². The number of hydrogen-bond acceptors (Lipinski definition) is 4. The first kappa shape index (κ1) is 21.3. The topological polar surface area (TPSA) is 44.3 Å². The van der Waals surface area contributed by atoms with Crippen molar-refractivity contribution in [3.05, 3.63) is 84.4 Å². The second-order valence-electron chi connectivity index (χ2n) is 8.38. The van der Waals surface area contributed by atoms with Crippen LogP contribution in [0.4, 0.5) is 11.5 Å². The molecule has 1 saturated heterocycles. The van der Waals surface area contributed by atoms with Crippen molar-refractivity contribution in [3.63, 3.8) is 0 Å². The lowest BCUT2D eigenvalue weighted by atomic mass is 10.1. The zero-order valence-corrected chi connectivity index (χ0v) is 19.6. The van der Waals surface area contributed by atoms with E-state index in [-0.39, 0.29) is 0 Å². The van der Waals surface area contributed by atoms with Crippen LogP contribution < -0.4 is 10.2 Å². The van der Waals surface area contributed by atoms with Crippen LogP contribution in [-0.4, -0.2) is 46.2 Å². The molecule has 5 rings (SSSR count). The molecule has 166 valence electrons. The molecule has 0 saturated carbocycles. The predicted octanol–water partition coefficient (Wildman–Crippen LogP) is 5.51. The number of nitrogens with one attached hydrogen (secondary N) is 1. The summed E-state index contributed by atoms with van der Waals surface area (Å²) in [6, 6.07) is 26.8. The molecule has 1 N–H and O–H groups in total. The van der Waals surface area contributed by atoms with Crippen LogP contribution in [0.5, 0.6) is 0 Å². The van der Waals surface area contributed by atoms with E-state index in [2.05, 4.69) is 64.5 Å². The SMILES string of the molecule is Cc1ccc(-c2nc(N3CCCN(C(=S)Nc4ccccc4)CC3)c3ccccc3n2)cc1. The van der Waals surface area contributed by atoms with Gasteiger partial charge in [-0.05, 0) is 49.8 Å². The summed E-state index contributed by atoms with van der Waals surface area (Å²) in [4.78, 5) is 14.6. The molecule has 1 aliphatic rings. The maximum atomic E-state index is 5.71. The summed E-state index contributed by atoms with van der Waals surface area (Å²) in [6.07, 6.45) is 1.01. The minimum atomic E-state index is 0.770. The first-order valence-corrected chi connectivity index (χ1v) is 11.8. The van der Waals surface area contributed by atoms with Crippen LogP contribution >= 0.6 is 12.2 Å². The number of rotatable bonds is 3. The lowest BCUT2D eigenvalue weighted by Crippen LogP contribution is -2.38. The van der Waals surface area contributed by atoms with E-state index in [9.17, 15) is 0 Å².